The lowest BCUT2D eigenvalue weighted by atomic mass is 10.1. The molecule has 2 atom stereocenters. The van der Waals surface area contributed by atoms with Crippen LogP contribution in [-0.2, 0) is 22.0 Å². The summed E-state index contributed by atoms with van der Waals surface area (Å²) in [5.74, 6) is 0.484. The lowest BCUT2D eigenvalue weighted by Crippen LogP contribution is -2.39. The second kappa shape index (κ2) is 5.31. The second-order valence-electron chi connectivity index (χ2n) is 4.13. The molecule has 0 aliphatic carbocycles. The Morgan fingerprint density at radius 2 is 2.29 bits per heavy atom. The molecule has 2 N–H and O–H groups in total. The number of fused-ring (bicyclic) bond motifs is 1. The molecule has 0 saturated carbocycles. The van der Waals surface area contributed by atoms with Gasteiger partial charge in [-0.3, -0.25) is 9.00 Å². The number of amides is 1. The van der Waals surface area contributed by atoms with Crippen molar-refractivity contribution in [3.8, 4) is 0 Å². The van der Waals surface area contributed by atoms with Gasteiger partial charge in [0.1, 0.15) is 6.04 Å². The van der Waals surface area contributed by atoms with E-state index in [9.17, 15) is 9.00 Å². The molecule has 5 heteroatoms. The van der Waals surface area contributed by atoms with E-state index in [4.69, 9.17) is 0 Å². The number of nitrogens with one attached hydrogen (secondary N) is 2. The van der Waals surface area contributed by atoms with Crippen LogP contribution in [0.1, 0.15) is 5.56 Å². The Balaban J connectivity index is 1.86. The van der Waals surface area contributed by atoms with Gasteiger partial charge in [0.15, 0.2) is 0 Å². The quantitative estimate of drug-likeness (QED) is 0.821. The van der Waals surface area contributed by atoms with Gasteiger partial charge in [-0.05, 0) is 11.6 Å². The number of hydrogen-bond acceptors (Lipinski definition) is 3. The maximum absolute atomic E-state index is 11.8. The number of anilines is 1. The van der Waals surface area contributed by atoms with E-state index in [1.807, 2.05) is 24.3 Å². The summed E-state index contributed by atoms with van der Waals surface area (Å²) in [5.41, 5.74) is 2.21. The maximum Gasteiger partial charge on any atom is 0.242 e. The lowest BCUT2D eigenvalue weighted by Gasteiger charge is -2.11. The largest absolute Gasteiger partial charge is 0.373 e. The number of para-hydroxylation sites is 1. The van der Waals surface area contributed by atoms with Crippen molar-refractivity contribution in [2.24, 2.45) is 0 Å². The fourth-order valence-electron chi connectivity index (χ4n) is 1.90. The third-order valence-corrected chi connectivity index (χ3v) is 3.56. The molecule has 92 valence electrons. The van der Waals surface area contributed by atoms with Crippen LogP contribution < -0.4 is 10.6 Å². The van der Waals surface area contributed by atoms with Crippen LogP contribution >= 0.6 is 0 Å². The minimum atomic E-state index is -0.859. The summed E-state index contributed by atoms with van der Waals surface area (Å²) < 4.78 is 10.9. The number of hydrogen-bond donors (Lipinski definition) is 2. The van der Waals surface area contributed by atoms with Gasteiger partial charge in [-0.15, -0.1) is 0 Å². The molecule has 0 fully saturated rings. The van der Waals surface area contributed by atoms with Gasteiger partial charge in [0.2, 0.25) is 5.91 Å². The number of carbonyl (C=O) groups is 1. The molecule has 0 bridgehead atoms. The second-order valence-corrected chi connectivity index (χ2v) is 5.68. The van der Waals surface area contributed by atoms with Gasteiger partial charge < -0.3 is 10.6 Å². The zero-order chi connectivity index (χ0) is 12.3. The predicted octanol–water partition coefficient (Wildman–Crippen LogP) is 0.518. The molecule has 1 aliphatic rings. The van der Waals surface area contributed by atoms with Crippen molar-refractivity contribution in [2.75, 3.05) is 23.9 Å². The van der Waals surface area contributed by atoms with Crippen molar-refractivity contribution in [1.29, 1.82) is 0 Å². The van der Waals surface area contributed by atoms with Crippen molar-refractivity contribution in [3.63, 3.8) is 0 Å². The van der Waals surface area contributed by atoms with Crippen LogP contribution in [0.4, 0.5) is 5.69 Å². The van der Waals surface area contributed by atoms with Crippen LogP contribution in [0.15, 0.2) is 24.3 Å². The number of benzene rings is 1. The molecular weight excluding hydrogens is 236 g/mol. The van der Waals surface area contributed by atoms with E-state index in [0.29, 0.717) is 12.3 Å². The standard InChI is InChI=1S/C12H16N2O2S/c1-17(16)7-6-13-12(15)11-8-9-4-2-3-5-10(9)14-11/h2-5,11,14H,6-8H2,1H3,(H,13,15). The summed E-state index contributed by atoms with van der Waals surface area (Å²) in [4.78, 5) is 11.8. The Morgan fingerprint density at radius 3 is 3.00 bits per heavy atom. The Bertz CT molecular complexity index is 423. The first-order valence-corrected chi connectivity index (χ1v) is 7.31. The first-order valence-electron chi connectivity index (χ1n) is 5.59. The van der Waals surface area contributed by atoms with Crippen LogP contribution in [0.3, 0.4) is 0 Å². The smallest absolute Gasteiger partial charge is 0.242 e. The molecule has 2 rings (SSSR count). The first kappa shape index (κ1) is 12.1. The van der Waals surface area contributed by atoms with E-state index < -0.39 is 10.8 Å². The summed E-state index contributed by atoms with van der Waals surface area (Å²) in [6.07, 6.45) is 2.35. The summed E-state index contributed by atoms with van der Waals surface area (Å²) in [6, 6.07) is 7.73. The van der Waals surface area contributed by atoms with Crippen molar-refractivity contribution < 1.29 is 9.00 Å². The Kier molecular flexibility index (Phi) is 3.78. The van der Waals surface area contributed by atoms with E-state index in [1.54, 1.807) is 6.26 Å². The Hall–Kier alpha value is -1.36. The minimum Gasteiger partial charge on any atom is -0.373 e. The molecule has 1 amide bonds. The molecule has 1 aliphatic heterocycles. The van der Waals surface area contributed by atoms with Gasteiger partial charge >= 0.3 is 0 Å². The zero-order valence-electron chi connectivity index (χ0n) is 9.73. The van der Waals surface area contributed by atoms with Crippen LogP contribution in [0, 0.1) is 0 Å². The molecule has 4 nitrogen and oxygen atoms in total. The zero-order valence-corrected chi connectivity index (χ0v) is 10.5. The van der Waals surface area contributed by atoms with E-state index in [2.05, 4.69) is 10.6 Å². The van der Waals surface area contributed by atoms with E-state index in [-0.39, 0.29) is 11.9 Å². The lowest BCUT2D eigenvalue weighted by molar-refractivity contribution is -0.121. The van der Waals surface area contributed by atoms with Crippen LogP contribution in [-0.4, -0.2) is 34.7 Å². The molecule has 0 saturated heterocycles. The Labute approximate surface area is 103 Å². The van der Waals surface area contributed by atoms with Gasteiger partial charge in [-0.1, -0.05) is 18.2 Å². The fourth-order valence-corrected chi connectivity index (χ4v) is 2.29. The van der Waals surface area contributed by atoms with Gasteiger partial charge in [0.05, 0.1) is 0 Å². The topological polar surface area (TPSA) is 58.2 Å². The maximum atomic E-state index is 11.8. The van der Waals surface area contributed by atoms with Crippen LogP contribution in [0.25, 0.3) is 0 Å². The molecule has 0 radical (unpaired) electrons. The number of carbonyl (C=O) groups excluding carboxylic acids is 1. The average molecular weight is 252 g/mol. The summed E-state index contributed by atoms with van der Waals surface area (Å²) in [5, 5.41) is 5.98. The van der Waals surface area contributed by atoms with Gasteiger partial charge in [-0.2, -0.15) is 0 Å². The van der Waals surface area contributed by atoms with E-state index in [0.717, 1.165) is 12.1 Å². The van der Waals surface area contributed by atoms with E-state index >= 15 is 0 Å². The Morgan fingerprint density at radius 1 is 1.53 bits per heavy atom. The molecule has 0 aromatic heterocycles. The number of rotatable bonds is 4. The van der Waals surface area contributed by atoms with Crippen LogP contribution in [0.2, 0.25) is 0 Å². The molecular formula is C12H16N2O2S. The van der Waals surface area contributed by atoms with Gasteiger partial charge in [0, 0.05) is 41.5 Å². The molecule has 1 aromatic carbocycles. The summed E-state index contributed by atoms with van der Waals surface area (Å²) in [7, 11) is -0.859. The average Bonchev–Trinajstić information content (AvgIpc) is 2.71. The monoisotopic (exact) mass is 252 g/mol. The summed E-state index contributed by atoms with van der Waals surface area (Å²) >= 11 is 0. The SMILES string of the molecule is CS(=O)CCNC(=O)C1Cc2ccccc2N1. The van der Waals surface area contributed by atoms with Crippen LogP contribution in [0.5, 0.6) is 0 Å². The highest BCUT2D eigenvalue weighted by molar-refractivity contribution is 7.84. The fraction of sp³-hybridized carbons (Fsp3) is 0.417. The van der Waals surface area contributed by atoms with Gasteiger partial charge in [0.25, 0.3) is 0 Å². The third kappa shape index (κ3) is 3.06. The van der Waals surface area contributed by atoms with Crippen molar-refractivity contribution in [3.05, 3.63) is 29.8 Å². The van der Waals surface area contributed by atoms with Crippen molar-refractivity contribution in [1.82, 2.24) is 5.32 Å². The predicted molar refractivity (Wildman–Crippen MR) is 69.5 cm³/mol. The summed E-state index contributed by atoms with van der Waals surface area (Å²) in [6.45, 7) is 0.469. The molecule has 1 heterocycles. The highest BCUT2D eigenvalue weighted by Crippen LogP contribution is 2.24. The third-order valence-electron chi connectivity index (χ3n) is 2.78. The molecule has 0 spiro atoms. The normalized spacial score (nSPS) is 19.2. The highest BCUT2D eigenvalue weighted by Gasteiger charge is 2.25. The van der Waals surface area contributed by atoms with Crippen molar-refractivity contribution in [2.45, 2.75) is 12.5 Å². The minimum absolute atomic E-state index is 0.0216. The first-order chi connectivity index (χ1) is 8.16. The van der Waals surface area contributed by atoms with Gasteiger partial charge in [-0.25, -0.2) is 0 Å². The molecule has 1 aromatic rings. The molecule has 2 unspecified atom stereocenters. The highest BCUT2D eigenvalue weighted by atomic mass is 32.2. The molecule has 17 heavy (non-hydrogen) atoms. The van der Waals surface area contributed by atoms with E-state index in [1.165, 1.54) is 5.56 Å². The van der Waals surface area contributed by atoms with Crippen molar-refractivity contribution >= 4 is 22.4 Å².